The Morgan fingerprint density at radius 1 is 1.31 bits per heavy atom. The summed E-state index contributed by atoms with van der Waals surface area (Å²) in [6.45, 7) is 7.20. The largest absolute Gasteiger partial charge is 0.465 e. The molecule has 0 unspecified atom stereocenters. The van der Waals surface area contributed by atoms with E-state index in [-0.39, 0.29) is 0 Å². The molecular weight excluding hydrogens is 202 g/mol. The maximum Gasteiger partial charge on any atom is 0.118 e. The van der Waals surface area contributed by atoms with Gasteiger partial charge in [0.05, 0.1) is 18.8 Å². The molecule has 2 rings (SSSR count). The molecule has 0 aliphatic rings. The van der Waals surface area contributed by atoms with E-state index < -0.39 is 0 Å². The summed E-state index contributed by atoms with van der Waals surface area (Å²) < 4.78 is 7.50. The number of aryl methyl sites for hydroxylation is 3. The molecule has 2 aromatic heterocycles. The standard InChI is InChI=1S/C12H17N3O/c1-8-4-9(2)15(14-8)7-11-5-12(6-13)16-10(11)3/h4-5H,6-7,13H2,1-3H3. The second kappa shape index (κ2) is 4.14. The van der Waals surface area contributed by atoms with Crippen LogP contribution in [0.4, 0.5) is 0 Å². The summed E-state index contributed by atoms with van der Waals surface area (Å²) in [5.41, 5.74) is 8.89. The first-order valence-electron chi connectivity index (χ1n) is 5.39. The van der Waals surface area contributed by atoms with Gasteiger partial charge in [0.2, 0.25) is 0 Å². The number of aromatic nitrogens is 2. The first-order valence-corrected chi connectivity index (χ1v) is 5.39. The Balaban J connectivity index is 2.26. The van der Waals surface area contributed by atoms with E-state index in [0.29, 0.717) is 6.54 Å². The average molecular weight is 219 g/mol. The Morgan fingerprint density at radius 3 is 2.56 bits per heavy atom. The van der Waals surface area contributed by atoms with Gasteiger partial charge in [-0.05, 0) is 32.9 Å². The molecule has 86 valence electrons. The zero-order valence-corrected chi connectivity index (χ0v) is 9.95. The molecule has 0 aliphatic carbocycles. The van der Waals surface area contributed by atoms with Gasteiger partial charge in [0.15, 0.2) is 0 Å². The number of hydrogen-bond acceptors (Lipinski definition) is 3. The average Bonchev–Trinajstić information content (AvgIpc) is 2.72. The van der Waals surface area contributed by atoms with Crippen molar-refractivity contribution in [1.29, 1.82) is 0 Å². The molecule has 0 spiro atoms. The van der Waals surface area contributed by atoms with Crippen LogP contribution in [0, 0.1) is 20.8 Å². The highest BCUT2D eigenvalue weighted by Crippen LogP contribution is 2.16. The number of rotatable bonds is 3. The molecule has 0 fully saturated rings. The van der Waals surface area contributed by atoms with Gasteiger partial charge in [-0.25, -0.2) is 0 Å². The second-order valence-electron chi connectivity index (χ2n) is 4.08. The SMILES string of the molecule is Cc1cc(C)n(Cc2cc(CN)oc2C)n1. The summed E-state index contributed by atoms with van der Waals surface area (Å²) in [6, 6.07) is 4.07. The van der Waals surface area contributed by atoms with Crippen LogP contribution >= 0.6 is 0 Å². The first kappa shape index (κ1) is 11.0. The van der Waals surface area contributed by atoms with Gasteiger partial charge in [0, 0.05) is 11.3 Å². The summed E-state index contributed by atoms with van der Waals surface area (Å²) >= 11 is 0. The fourth-order valence-electron chi connectivity index (χ4n) is 1.84. The molecule has 0 amide bonds. The fraction of sp³-hybridized carbons (Fsp3) is 0.417. The zero-order valence-electron chi connectivity index (χ0n) is 9.95. The van der Waals surface area contributed by atoms with Crippen molar-refractivity contribution in [3.05, 3.63) is 40.6 Å². The molecule has 4 heteroatoms. The topological polar surface area (TPSA) is 57.0 Å². The number of furan rings is 1. The smallest absolute Gasteiger partial charge is 0.118 e. The second-order valence-corrected chi connectivity index (χ2v) is 4.08. The minimum Gasteiger partial charge on any atom is -0.465 e. The summed E-state index contributed by atoms with van der Waals surface area (Å²) in [6.07, 6.45) is 0. The van der Waals surface area contributed by atoms with Gasteiger partial charge in [-0.15, -0.1) is 0 Å². The van der Waals surface area contributed by atoms with E-state index in [2.05, 4.69) is 18.1 Å². The maximum atomic E-state index is 5.54. The van der Waals surface area contributed by atoms with Crippen molar-refractivity contribution in [2.45, 2.75) is 33.9 Å². The van der Waals surface area contributed by atoms with Crippen LogP contribution in [0.5, 0.6) is 0 Å². The minimum atomic E-state index is 0.442. The highest BCUT2D eigenvalue weighted by Gasteiger charge is 2.09. The summed E-state index contributed by atoms with van der Waals surface area (Å²) in [7, 11) is 0. The van der Waals surface area contributed by atoms with Crippen molar-refractivity contribution in [2.75, 3.05) is 0 Å². The lowest BCUT2D eigenvalue weighted by Crippen LogP contribution is -2.04. The highest BCUT2D eigenvalue weighted by atomic mass is 16.3. The van der Waals surface area contributed by atoms with E-state index in [1.165, 1.54) is 0 Å². The monoisotopic (exact) mass is 219 g/mol. The molecule has 0 saturated carbocycles. The molecule has 0 aromatic carbocycles. The summed E-state index contributed by atoms with van der Waals surface area (Å²) in [5, 5.41) is 4.43. The van der Waals surface area contributed by atoms with Gasteiger partial charge in [-0.2, -0.15) is 5.10 Å². The lowest BCUT2D eigenvalue weighted by Gasteiger charge is -2.02. The molecule has 4 nitrogen and oxygen atoms in total. The Hall–Kier alpha value is -1.55. The zero-order chi connectivity index (χ0) is 11.7. The van der Waals surface area contributed by atoms with Crippen LogP contribution in [0.25, 0.3) is 0 Å². The van der Waals surface area contributed by atoms with Crippen LogP contribution in [-0.4, -0.2) is 9.78 Å². The van der Waals surface area contributed by atoms with Crippen molar-refractivity contribution in [3.63, 3.8) is 0 Å². The molecule has 2 aromatic rings. The van der Waals surface area contributed by atoms with Gasteiger partial charge < -0.3 is 10.2 Å². The van der Waals surface area contributed by atoms with Crippen LogP contribution in [0.1, 0.15) is 28.5 Å². The van der Waals surface area contributed by atoms with Gasteiger partial charge >= 0.3 is 0 Å². The minimum absolute atomic E-state index is 0.442. The maximum absolute atomic E-state index is 5.54. The van der Waals surface area contributed by atoms with Gasteiger partial charge in [-0.1, -0.05) is 0 Å². The van der Waals surface area contributed by atoms with Gasteiger partial charge in [-0.3, -0.25) is 4.68 Å². The Labute approximate surface area is 95.1 Å². The molecule has 0 bridgehead atoms. The van der Waals surface area contributed by atoms with E-state index in [1.54, 1.807) is 0 Å². The molecule has 0 radical (unpaired) electrons. The third-order valence-corrected chi connectivity index (χ3v) is 2.70. The molecule has 0 aliphatic heterocycles. The van der Waals surface area contributed by atoms with Crippen molar-refractivity contribution in [3.8, 4) is 0 Å². The van der Waals surface area contributed by atoms with E-state index in [0.717, 1.165) is 35.0 Å². The van der Waals surface area contributed by atoms with Crippen LogP contribution < -0.4 is 5.73 Å². The van der Waals surface area contributed by atoms with Crippen LogP contribution in [-0.2, 0) is 13.1 Å². The van der Waals surface area contributed by atoms with Crippen LogP contribution in [0.2, 0.25) is 0 Å². The van der Waals surface area contributed by atoms with E-state index in [9.17, 15) is 0 Å². The number of hydrogen-bond donors (Lipinski definition) is 1. The summed E-state index contributed by atoms with van der Waals surface area (Å²) in [4.78, 5) is 0. The van der Waals surface area contributed by atoms with E-state index in [1.807, 2.05) is 24.6 Å². The van der Waals surface area contributed by atoms with Crippen molar-refractivity contribution in [1.82, 2.24) is 9.78 Å². The van der Waals surface area contributed by atoms with Gasteiger partial charge in [0.1, 0.15) is 11.5 Å². The lowest BCUT2D eigenvalue weighted by molar-refractivity contribution is 0.480. The lowest BCUT2D eigenvalue weighted by atomic mass is 10.2. The molecule has 0 saturated heterocycles. The highest BCUT2D eigenvalue weighted by molar-refractivity contribution is 5.22. The van der Waals surface area contributed by atoms with Crippen LogP contribution in [0.3, 0.4) is 0 Å². The number of nitrogens with zero attached hydrogens (tertiary/aromatic N) is 2. The quantitative estimate of drug-likeness (QED) is 0.857. The molecular formula is C12H17N3O. The van der Waals surface area contributed by atoms with E-state index >= 15 is 0 Å². The summed E-state index contributed by atoms with van der Waals surface area (Å²) in [5.74, 6) is 1.75. The molecule has 2 heterocycles. The number of nitrogens with two attached hydrogens (primary N) is 1. The third-order valence-electron chi connectivity index (χ3n) is 2.70. The van der Waals surface area contributed by atoms with Crippen molar-refractivity contribution < 1.29 is 4.42 Å². The van der Waals surface area contributed by atoms with Crippen LogP contribution in [0.15, 0.2) is 16.5 Å². The Bertz CT molecular complexity index is 496. The normalized spacial score (nSPS) is 11.0. The molecule has 0 atom stereocenters. The molecule has 16 heavy (non-hydrogen) atoms. The van der Waals surface area contributed by atoms with E-state index in [4.69, 9.17) is 10.2 Å². The first-order chi connectivity index (χ1) is 7.60. The van der Waals surface area contributed by atoms with Crippen molar-refractivity contribution >= 4 is 0 Å². The molecule has 2 N–H and O–H groups in total. The Morgan fingerprint density at radius 2 is 2.06 bits per heavy atom. The predicted molar refractivity (Wildman–Crippen MR) is 62.1 cm³/mol. The van der Waals surface area contributed by atoms with Gasteiger partial charge in [0.25, 0.3) is 0 Å². The fourth-order valence-corrected chi connectivity index (χ4v) is 1.84. The predicted octanol–water partition coefficient (Wildman–Crippen LogP) is 1.91. The Kier molecular flexibility index (Phi) is 2.83. The third kappa shape index (κ3) is 2.02. The van der Waals surface area contributed by atoms with Crippen molar-refractivity contribution in [2.24, 2.45) is 5.73 Å².